The van der Waals surface area contributed by atoms with Crippen molar-refractivity contribution in [3.05, 3.63) is 102 Å². The summed E-state index contributed by atoms with van der Waals surface area (Å²) in [5, 5.41) is 56.0. The van der Waals surface area contributed by atoms with Gasteiger partial charge in [0.1, 0.15) is 96.6 Å². The first kappa shape index (κ1) is 119. The molecule has 2 unspecified atom stereocenters. The summed E-state index contributed by atoms with van der Waals surface area (Å²) in [7, 11) is 4.09. The van der Waals surface area contributed by atoms with Crippen LogP contribution in [-0.2, 0) is 112 Å². The molecule has 804 valence electrons. The molecule has 3 aliphatic heterocycles. The smallest absolute Gasteiger partial charge is 0.323 e. The lowest BCUT2D eigenvalue weighted by atomic mass is 9.99. The number of aromatic hydroxyl groups is 1. The molecular weight excluding hydrogens is 1900 g/mol. The number of likely N-dealkylation sites (N-methyl/N-ethyl adjacent to an activating group) is 3. The highest BCUT2D eigenvalue weighted by atomic mass is 32.2. The first-order chi connectivity index (χ1) is 69.7. The molecule has 0 radical (unpaired) electrons. The SMILES string of the molecule is CCCC[C@H]1C(=O)N(C)[C@@H](CCCC)C(=O)N[C@@H](CC(C)C)C(=O)N[C@H](CC(=O)CCCCCCCCCCCCCCC(=O)O)CSCC(=O)N[C@@H](Cc2ccc(O)cc2)C(=O)N(C)[C@@H](C)C(=O)N[C@@H](CC(N)=O)C(=O)N2CCCC2C(=O)N[C@@H](CN)C(=O)N[C@@H](CC(C)C)C(=O)N2CCCC2C(=O)N[C@@H](Cc2c[nH]c3ccccc23)C(=O)N[C@@H](CCN)C(=O)N[C@@H](Cc2cn(CC(=O)O)c3ccccc23)C(=O)N1C. The van der Waals surface area contributed by atoms with Gasteiger partial charge in [-0.2, -0.15) is 0 Å². The van der Waals surface area contributed by atoms with Gasteiger partial charge in [-0.1, -0.05) is 180 Å². The van der Waals surface area contributed by atoms with Crippen molar-refractivity contribution in [3.63, 3.8) is 0 Å². The van der Waals surface area contributed by atoms with Gasteiger partial charge < -0.3 is 114 Å². The Labute approximate surface area is 859 Å². The zero-order valence-corrected chi connectivity index (χ0v) is 87.2. The number of hydrogen-bond acceptors (Lipinski definition) is 22. The fourth-order valence-corrected chi connectivity index (χ4v) is 20.1. The number of phenols is 1. The monoisotopic (exact) mass is 2050 g/mol. The number of phenolic OH excluding ortho intramolecular Hbond substituents is 1. The molecule has 3 aliphatic rings. The number of carboxylic acids is 2. The number of carbonyl (C=O) groups excluding carboxylic acids is 16. The standard InChI is InChI=1S/C105H157N19O21S/c1-11-13-37-85-98(138)113-77(51-64(3)4)95(135)110-70(56-72(126)33-25-23-21-19-17-15-16-18-20-22-24-26-42-91(129)130)62-146-63-90(128)111-80(53-67-43-45-71(125)46-44-67)101(141)119(8)66(7)93(133)115-82(57-89(108)127)104(144)124-50-32-41-87(124)100(140)118-83(58-107)97(137)116-79(52-65(5)6)103(143)123-49-31-40-86(123)99(139)114-78(54-68-59-109-75-36-29-27-34-73(68)75)96(136)112-76(47-48-106)94(134)117-81(102(142)121(10)88(38-14-12-2)105(145)120(85)9)55-69-60-122(61-92(131)132)84-39-30-28-35-74(69)84/h27-30,34-36,39,43-46,59-60,64-66,70,76-83,85-88,109,125H,11-26,31-33,37-38,40-42,47-58,61-63,106-107H2,1-10H3,(H2,108,127)(H,110,135)(H,111,128)(H,112,136)(H,113,138)(H,114,139)(H,115,133)(H,116,137)(H,117,134)(H,118,140)(H,129,130)(H,131,132)/t66-,70+,76-,77-,78-,79-,80-,81-,82-,83-,85-,86?,87?,88-/m0/s1. The average molecular weight is 2050 g/mol. The number of aliphatic carboxylic acids is 2. The molecule has 0 spiro atoms. The van der Waals surface area contributed by atoms with Gasteiger partial charge in [0.2, 0.25) is 88.6 Å². The molecule has 14 atom stereocenters. The normalized spacial score (nSPS) is 23.4. The van der Waals surface area contributed by atoms with E-state index in [1.54, 1.807) is 68.7 Å². The number of aromatic nitrogens is 2. The molecule has 5 heterocycles. The Bertz CT molecular complexity index is 5260. The molecular formula is C105H157N19O21S. The number of amides is 15. The van der Waals surface area contributed by atoms with E-state index in [4.69, 9.17) is 22.3 Å². The highest BCUT2D eigenvalue weighted by Crippen LogP contribution is 2.30. The van der Waals surface area contributed by atoms with Crippen LogP contribution in [-0.4, -0.2) is 299 Å². The Morgan fingerprint density at radius 2 is 0.945 bits per heavy atom. The molecule has 0 aliphatic carbocycles. The quantitative estimate of drug-likeness (QED) is 0.0209. The minimum Gasteiger partial charge on any atom is -0.508 e. The number of unbranched alkanes of at least 4 members (excludes halogenated alkanes) is 13. The summed E-state index contributed by atoms with van der Waals surface area (Å²) in [4.78, 5) is 272. The zero-order valence-electron chi connectivity index (χ0n) is 86.4. The number of thioether (sulfide) groups is 1. The number of aromatic amines is 1. The van der Waals surface area contributed by atoms with Gasteiger partial charge in [-0.25, -0.2) is 0 Å². The van der Waals surface area contributed by atoms with Crippen LogP contribution in [0.5, 0.6) is 5.75 Å². The Kier molecular flexibility index (Phi) is 48.7. The molecule has 8 rings (SSSR count). The summed E-state index contributed by atoms with van der Waals surface area (Å²) in [6.07, 6.45) is 14.9. The summed E-state index contributed by atoms with van der Waals surface area (Å²) in [5.41, 5.74) is 20.9. The van der Waals surface area contributed by atoms with Crippen molar-refractivity contribution < 1.29 is 102 Å². The number of nitrogens with two attached hydrogens (primary N) is 3. The van der Waals surface area contributed by atoms with Crippen LogP contribution in [0.4, 0.5) is 0 Å². The van der Waals surface area contributed by atoms with E-state index in [9.17, 15) is 53.4 Å². The maximum Gasteiger partial charge on any atom is 0.323 e. The van der Waals surface area contributed by atoms with Crippen LogP contribution in [0.1, 0.15) is 251 Å². The summed E-state index contributed by atoms with van der Waals surface area (Å²) in [5.74, 6) is -15.8. The molecule has 40 nitrogen and oxygen atoms in total. The lowest BCUT2D eigenvalue weighted by Gasteiger charge is -2.36. The number of primary amides is 1. The second kappa shape index (κ2) is 59.9. The van der Waals surface area contributed by atoms with E-state index < -0.39 is 205 Å². The van der Waals surface area contributed by atoms with E-state index in [2.05, 4.69) is 52.8 Å². The summed E-state index contributed by atoms with van der Waals surface area (Å²) in [6, 6.07) is 0.0891. The van der Waals surface area contributed by atoms with Gasteiger partial charge in [-0.3, -0.25) is 86.3 Å². The zero-order chi connectivity index (χ0) is 107. The van der Waals surface area contributed by atoms with Crippen LogP contribution in [0.2, 0.25) is 0 Å². The number of ketones is 1. The van der Waals surface area contributed by atoms with Gasteiger partial charge in [-0.15, -0.1) is 11.8 Å². The topological polar surface area (TPSA) is 591 Å². The van der Waals surface area contributed by atoms with E-state index >= 15 is 43.2 Å². The summed E-state index contributed by atoms with van der Waals surface area (Å²) in [6.45, 7) is 11.0. The molecule has 15 amide bonds. The number of nitrogens with zero attached hydrogens (tertiary/aromatic N) is 6. The van der Waals surface area contributed by atoms with Crippen molar-refractivity contribution in [2.75, 3.05) is 58.8 Å². The molecule has 0 bridgehead atoms. The number of carbonyl (C=O) groups is 18. The minimum absolute atomic E-state index is 0.000733. The third-order valence-electron chi connectivity index (χ3n) is 27.4. The molecule has 41 heteroatoms. The number of H-pyrrole nitrogens is 1. The Morgan fingerprint density at radius 3 is 1.53 bits per heavy atom. The van der Waals surface area contributed by atoms with Gasteiger partial charge in [-0.05, 0) is 137 Å². The molecule has 3 saturated heterocycles. The van der Waals surface area contributed by atoms with Gasteiger partial charge in [0.25, 0.3) is 0 Å². The van der Waals surface area contributed by atoms with Crippen LogP contribution in [0.3, 0.4) is 0 Å². The maximum atomic E-state index is 16.1. The number of carboxylic acid groups (broad SMARTS) is 2. The minimum atomic E-state index is -1.73. The van der Waals surface area contributed by atoms with E-state index in [-0.39, 0.29) is 151 Å². The number of nitrogens with one attached hydrogen (secondary N) is 10. The van der Waals surface area contributed by atoms with Crippen molar-refractivity contribution in [1.82, 2.24) is 81.9 Å². The number of para-hydroxylation sites is 2. The van der Waals surface area contributed by atoms with Crippen molar-refractivity contribution >= 4 is 140 Å². The number of fused-ring (bicyclic) bond motifs is 4. The Morgan fingerprint density at radius 1 is 0.459 bits per heavy atom. The number of Topliss-reactive ketones (excluding diaryl/α,β-unsaturated/α-hetero) is 1. The average Bonchev–Trinajstić information content (AvgIpc) is 1.64. The van der Waals surface area contributed by atoms with Crippen LogP contribution in [0.15, 0.2) is 85.2 Å². The van der Waals surface area contributed by atoms with E-state index in [1.807, 2.05) is 33.8 Å². The second-order valence-electron chi connectivity index (χ2n) is 39.9. The second-order valence-corrected chi connectivity index (χ2v) is 41.0. The van der Waals surface area contributed by atoms with Gasteiger partial charge in [0.15, 0.2) is 0 Å². The van der Waals surface area contributed by atoms with E-state index in [1.165, 1.54) is 71.6 Å². The first-order valence-electron chi connectivity index (χ1n) is 51.9. The van der Waals surface area contributed by atoms with Crippen LogP contribution >= 0.6 is 11.8 Å². The number of rotatable bonds is 40. The lowest BCUT2D eigenvalue weighted by molar-refractivity contribution is -0.149. The summed E-state index contributed by atoms with van der Waals surface area (Å²) < 4.78 is 1.47. The van der Waals surface area contributed by atoms with Gasteiger partial charge >= 0.3 is 11.9 Å². The third kappa shape index (κ3) is 36.2. The highest BCUT2D eigenvalue weighted by Gasteiger charge is 2.46. The van der Waals surface area contributed by atoms with Crippen molar-refractivity contribution in [3.8, 4) is 5.75 Å². The fraction of sp³-hybridized carbons (Fsp3) is 0.619. The largest absolute Gasteiger partial charge is 0.508 e. The Balaban J connectivity index is 1.17. The summed E-state index contributed by atoms with van der Waals surface area (Å²) >= 11 is 1.02. The molecule has 3 aromatic carbocycles. The number of hydrogen-bond donors (Lipinski definition) is 16. The molecule has 5 aromatic rings. The first-order valence-corrected chi connectivity index (χ1v) is 53.1. The maximum absolute atomic E-state index is 16.1. The van der Waals surface area contributed by atoms with E-state index in [0.717, 1.165) is 85.8 Å². The van der Waals surface area contributed by atoms with E-state index in [0.29, 0.717) is 77.0 Å². The van der Waals surface area contributed by atoms with Crippen molar-refractivity contribution in [2.24, 2.45) is 29.0 Å². The Hall–Kier alpha value is -12.5. The highest BCUT2D eigenvalue weighted by molar-refractivity contribution is 8.00. The van der Waals surface area contributed by atoms with Crippen LogP contribution in [0, 0.1) is 11.8 Å². The molecule has 0 saturated carbocycles. The number of benzene rings is 3. The third-order valence-corrected chi connectivity index (χ3v) is 28.5. The van der Waals surface area contributed by atoms with Crippen molar-refractivity contribution in [1.29, 1.82) is 0 Å². The van der Waals surface area contributed by atoms with Crippen LogP contribution < -0.4 is 65.1 Å². The van der Waals surface area contributed by atoms with Gasteiger partial charge in [0.05, 0.1) is 12.2 Å². The molecule has 19 N–H and O–H groups in total. The van der Waals surface area contributed by atoms with Crippen molar-refractivity contribution in [2.45, 2.75) is 345 Å². The lowest BCUT2D eigenvalue weighted by Crippen LogP contribution is -2.61. The molecule has 146 heavy (non-hydrogen) atoms. The molecule has 2 aromatic heterocycles. The molecule has 3 fully saturated rings. The van der Waals surface area contributed by atoms with Crippen LogP contribution in [0.25, 0.3) is 21.8 Å². The predicted molar refractivity (Wildman–Crippen MR) is 553 cm³/mol. The fourth-order valence-electron chi connectivity index (χ4n) is 19.3. The predicted octanol–water partition coefficient (Wildman–Crippen LogP) is 5.69. The van der Waals surface area contributed by atoms with Gasteiger partial charge in [0, 0.05) is 125 Å².